The average Bonchev–Trinajstić information content (AvgIpc) is 3.15. The molecule has 3 rings (SSSR count). The van der Waals surface area contributed by atoms with Crippen molar-refractivity contribution in [3.63, 3.8) is 0 Å². The van der Waals surface area contributed by atoms with Crippen molar-refractivity contribution >= 4 is 21.6 Å². The fourth-order valence-corrected chi connectivity index (χ4v) is 5.50. The molecule has 1 saturated carbocycles. The third-order valence-corrected chi connectivity index (χ3v) is 7.60. The highest BCUT2D eigenvalue weighted by molar-refractivity contribution is 7.89. The van der Waals surface area contributed by atoms with Crippen molar-refractivity contribution in [2.24, 2.45) is 0 Å². The first kappa shape index (κ1) is 22.5. The molecule has 1 N–H and O–H groups in total. The quantitative estimate of drug-likeness (QED) is 0.396. The number of hydrogen-bond acceptors (Lipinski definition) is 6. The van der Waals surface area contributed by atoms with Gasteiger partial charge in [-0.25, -0.2) is 8.42 Å². The maximum absolute atomic E-state index is 12.7. The first-order valence-corrected chi connectivity index (χ1v) is 12.0. The Balaban J connectivity index is 1.73. The lowest BCUT2D eigenvalue weighted by Crippen LogP contribution is -2.42. The molecule has 1 heterocycles. The lowest BCUT2D eigenvalue weighted by Gasteiger charge is -2.20. The molecule has 0 unspecified atom stereocenters. The first-order valence-electron chi connectivity index (χ1n) is 10.5. The number of carbonyl (C=O) groups is 1. The molecular weight excluding hydrogens is 410 g/mol. The van der Waals surface area contributed by atoms with Crippen LogP contribution in [0.2, 0.25) is 0 Å². The largest absolute Gasteiger partial charge is 0.474 e. The Labute approximate surface area is 177 Å². The molecule has 30 heavy (non-hydrogen) atoms. The predicted molar refractivity (Wildman–Crippen MR) is 111 cm³/mol. The number of ether oxygens (including phenoxy) is 1. The Morgan fingerprint density at radius 2 is 1.80 bits per heavy atom. The SMILES string of the molecule is C[C@@H](Oc1ccc(S(=O)(=O)N2CCCC2)cc1[N+](=O)[O-])C(=O)NC1CCCCCC1. The van der Waals surface area contributed by atoms with Crippen LogP contribution in [0.1, 0.15) is 58.3 Å². The minimum absolute atomic E-state index is 0.0917. The molecular formula is C20H29N3O6S. The smallest absolute Gasteiger partial charge is 0.312 e. The summed E-state index contributed by atoms with van der Waals surface area (Å²) in [5, 5.41) is 14.5. The Hall–Kier alpha value is -2.20. The second-order valence-corrected chi connectivity index (χ2v) is 9.89. The van der Waals surface area contributed by atoms with Crippen molar-refractivity contribution in [1.29, 1.82) is 0 Å². The topological polar surface area (TPSA) is 119 Å². The van der Waals surface area contributed by atoms with Crippen LogP contribution in [0, 0.1) is 10.1 Å². The molecule has 1 aromatic carbocycles. The lowest BCUT2D eigenvalue weighted by molar-refractivity contribution is -0.386. The van der Waals surface area contributed by atoms with E-state index in [4.69, 9.17) is 4.74 Å². The normalized spacial score (nSPS) is 19.8. The fourth-order valence-electron chi connectivity index (χ4n) is 3.96. The summed E-state index contributed by atoms with van der Waals surface area (Å²) in [7, 11) is -3.78. The minimum Gasteiger partial charge on any atom is -0.474 e. The second kappa shape index (κ2) is 9.74. The maximum Gasteiger partial charge on any atom is 0.312 e. The third kappa shape index (κ3) is 5.28. The second-order valence-electron chi connectivity index (χ2n) is 7.95. The summed E-state index contributed by atoms with van der Waals surface area (Å²) >= 11 is 0. The average molecular weight is 440 g/mol. The monoisotopic (exact) mass is 439 g/mol. The molecule has 0 radical (unpaired) electrons. The summed E-state index contributed by atoms with van der Waals surface area (Å²) < 4.78 is 32.3. The van der Waals surface area contributed by atoms with Gasteiger partial charge in [-0.2, -0.15) is 4.31 Å². The number of sulfonamides is 1. The highest BCUT2D eigenvalue weighted by Gasteiger charge is 2.31. The Morgan fingerprint density at radius 3 is 2.40 bits per heavy atom. The van der Waals surface area contributed by atoms with Crippen LogP contribution in [0.5, 0.6) is 5.75 Å². The summed E-state index contributed by atoms with van der Waals surface area (Å²) in [5.41, 5.74) is -0.468. The van der Waals surface area contributed by atoms with Crippen molar-refractivity contribution in [3.8, 4) is 5.75 Å². The van der Waals surface area contributed by atoms with Crippen LogP contribution in [0.15, 0.2) is 23.1 Å². The number of carbonyl (C=O) groups excluding carboxylic acids is 1. The number of benzene rings is 1. The highest BCUT2D eigenvalue weighted by atomic mass is 32.2. The van der Waals surface area contributed by atoms with Gasteiger partial charge in [0.25, 0.3) is 5.91 Å². The molecule has 1 amide bonds. The van der Waals surface area contributed by atoms with Gasteiger partial charge in [0, 0.05) is 25.2 Å². The Bertz CT molecular complexity index is 875. The molecule has 9 nitrogen and oxygen atoms in total. The molecule has 2 aliphatic rings. The van der Waals surface area contributed by atoms with Gasteiger partial charge in [0.2, 0.25) is 10.0 Å². The van der Waals surface area contributed by atoms with Crippen molar-refractivity contribution in [3.05, 3.63) is 28.3 Å². The summed E-state index contributed by atoms with van der Waals surface area (Å²) in [6, 6.07) is 3.66. The van der Waals surface area contributed by atoms with Gasteiger partial charge in [0.1, 0.15) is 0 Å². The van der Waals surface area contributed by atoms with E-state index in [1.807, 2.05) is 0 Å². The van der Waals surface area contributed by atoms with Gasteiger partial charge in [0.15, 0.2) is 11.9 Å². The molecule has 0 aromatic heterocycles. The van der Waals surface area contributed by atoms with Gasteiger partial charge in [-0.1, -0.05) is 25.7 Å². The van der Waals surface area contributed by atoms with Crippen molar-refractivity contribution in [2.45, 2.75) is 75.3 Å². The molecule has 1 aliphatic carbocycles. The number of nitro benzene ring substituents is 1. The van der Waals surface area contributed by atoms with E-state index in [0.717, 1.165) is 57.4 Å². The van der Waals surface area contributed by atoms with Crippen molar-refractivity contribution in [1.82, 2.24) is 9.62 Å². The number of nitro groups is 1. The highest BCUT2D eigenvalue weighted by Crippen LogP contribution is 2.32. The van der Waals surface area contributed by atoms with Gasteiger partial charge in [-0.15, -0.1) is 0 Å². The molecule has 1 saturated heterocycles. The van der Waals surface area contributed by atoms with E-state index >= 15 is 0 Å². The predicted octanol–water partition coefficient (Wildman–Crippen LogP) is 2.99. The van der Waals surface area contributed by atoms with E-state index in [-0.39, 0.29) is 22.6 Å². The van der Waals surface area contributed by atoms with E-state index in [9.17, 15) is 23.3 Å². The third-order valence-electron chi connectivity index (χ3n) is 5.70. The van der Waals surface area contributed by atoms with Gasteiger partial charge < -0.3 is 10.1 Å². The molecule has 166 valence electrons. The number of nitrogens with one attached hydrogen (secondary N) is 1. The first-order chi connectivity index (χ1) is 14.3. The van der Waals surface area contributed by atoms with E-state index in [0.29, 0.717) is 13.1 Å². The van der Waals surface area contributed by atoms with Gasteiger partial charge in [0.05, 0.1) is 9.82 Å². The molecule has 2 fully saturated rings. The van der Waals surface area contributed by atoms with Crippen LogP contribution in [-0.4, -0.2) is 48.8 Å². The van der Waals surface area contributed by atoms with Crippen LogP contribution in [0.4, 0.5) is 5.69 Å². The van der Waals surface area contributed by atoms with E-state index < -0.39 is 26.7 Å². The summed E-state index contributed by atoms with van der Waals surface area (Å²) in [6.45, 7) is 2.35. The Morgan fingerprint density at radius 1 is 1.17 bits per heavy atom. The van der Waals surface area contributed by atoms with E-state index in [2.05, 4.69) is 5.32 Å². The molecule has 0 bridgehead atoms. The standard InChI is InChI=1S/C20H29N3O6S/c1-15(20(24)21-16-8-4-2-3-5-9-16)29-19-11-10-17(14-18(19)23(25)26)30(27,28)22-12-6-7-13-22/h10-11,14-16H,2-9,12-13H2,1H3,(H,21,24)/t15-/m1/s1. The molecule has 1 aliphatic heterocycles. The number of rotatable bonds is 7. The summed E-state index contributed by atoms with van der Waals surface area (Å²) in [6.07, 6.45) is 6.91. The van der Waals surface area contributed by atoms with Crippen LogP contribution in [0.25, 0.3) is 0 Å². The van der Waals surface area contributed by atoms with Crippen molar-refractivity contribution < 1.29 is 22.9 Å². The number of hydrogen-bond donors (Lipinski definition) is 1. The van der Waals surface area contributed by atoms with E-state index in [1.54, 1.807) is 0 Å². The molecule has 1 atom stereocenters. The summed E-state index contributed by atoms with van der Waals surface area (Å²) in [4.78, 5) is 23.2. The Kier molecular flexibility index (Phi) is 7.30. The zero-order chi connectivity index (χ0) is 21.7. The molecule has 10 heteroatoms. The maximum atomic E-state index is 12.7. The lowest BCUT2D eigenvalue weighted by atomic mass is 10.1. The zero-order valence-electron chi connectivity index (χ0n) is 17.2. The van der Waals surface area contributed by atoms with Crippen LogP contribution >= 0.6 is 0 Å². The van der Waals surface area contributed by atoms with Crippen LogP contribution in [-0.2, 0) is 14.8 Å². The van der Waals surface area contributed by atoms with Gasteiger partial charge in [-0.3, -0.25) is 14.9 Å². The summed E-state index contributed by atoms with van der Waals surface area (Å²) in [5.74, 6) is -0.450. The number of amides is 1. The van der Waals surface area contributed by atoms with Crippen LogP contribution in [0.3, 0.4) is 0 Å². The fraction of sp³-hybridized carbons (Fsp3) is 0.650. The van der Waals surface area contributed by atoms with Crippen molar-refractivity contribution in [2.75, 3.05) is 13.1 Å². The van der Waals surface area contributed by atoms with Crippen LogP contribution < -0.4 is 10.1 Å². The minimum atomic E-state index is -3.78. The molecule has 1 aromatic rings. The van der Waals surface area contributed by atoms with Gasteiger partial charge >= 0.3 is 5.69 Å². The zero-order valence-corrected chi connectivity index (χ0v) is 18.0. The number of nitrogens with zero attached hydrogens (tertiary/aromatic N) is 2. The van der Waals surface area contributed by atoms with E-state index in [1.165, 1.54) is 23.4 Å². The van der Waals surface area contributed by atoms with Gasteiger partial charge in [-0.05, 0) is 44.7 Å². The molecule has 0 spiro atoms.